The highest BCUT2D eigenvalue weighted by Crippen LogP contribution is 2.36. The van der Waals surface area contributed by atoms with Gasteiger partial charge >= 0.3 is 17.3 Å². The maximum absolute atomic E-state index is 13.3. The second-order valence-electron chi connectivity index (χ2n) is 7.97. The molecule has 0 aliphatic carbocycles. The summed E-state index contributed by atoms with van der Waals surface area (Å²) < 4.78 is 41.3. The summed E-state index contributed by atoms with van der Waals surface area (Å²) in [5, 5.41) is 2.61. The second-order valence-corrected chi connectivity index (χ2v) is 7.97. The Bertz CT molecular complexity index is 1320. The number of aromatic nitrogens is 2. The molecule has 33 heavy (non-hydrogen) atoms. The second kappa shape index (κ2) is 8.76. The molecule has 7 nitrogen and oxygen atoms in total. The molecular formula is C23H23F3N4O3. The lowest BCUT2D eigenvalue weighted by Crippen LogP contribution is -2.36. The smallest absolute Gasteiger partial charge is 0.370 e. The Hall–Kier alpha value is -3.56. The molecule has 4 rings (SSSR count). The van der Waals surface area contributed by atoms with Crippen molar-refractivity contribution >= 4 is 28.3 Å². The first-order chi connectivity index (χ1) is 15.7. The standard InChI is InChI=1S/C23H23F3N4O3/c1-2-30-19-8-6-14(12-16(19)28-21(32)22(30)33)20(31)27-17-13-15(23(24,25)26)7-9-18(17)29-10-4-3-5-11-29/h6-9,12-13H,2-5,10-11H2,1H3,(H,27,31)(H,28,32). The highest BCUT2D eigenvalue weighted by atomic mass is 19.4. The number of anilines is 2. The van der Waals surface area contributed by atoms with Crippen LogP contribution in [0.3, 0.4) is 0 Å². The number of H-pyrrole nitrogens is 1. The molecule has 2 N–H and O–H groups in total. The van der Waals surface area contributed by atoms with Crippen molar-refractivity contribution in [2.75, 3.05) is 23.3 Å². The Morgan fingerprint density at radius 3 is 2.45 bits per heavy atom. The number of carbonyl (C=O) groups excluding carboxylic acids is 1. The van der Waals surface area contributed by atoms with Crippen LogP contribution in [0.5, 0.6) is 0 Å². The molecule has 1 aliphatic rings. The van der Waals surface area contributed by atoms with Crippen LogP contribution < -0.4 is 21.3 Å². The highest BCUT2D eigenvalue weighted by Gasteiger charge is 2.32. The van der Waals surface area contributed by atoms with Crippen molar-refractivity contribution < 1.29 is 18.0 Å². The van der Waals surface area contributed by atoms with E-state index in [1.54, 1.807) is 6.92 Å². The van der Waals surface area contributed by atoms with Gasteiger partial charge in [0.1, 0.15) is 0 Å². The van der Waals surface area contributed by atoms with Crippen LogP contribution in [0.15, 0.2) is 46.0 Å². The fraction of sp³-hybridized carbons (Fsp3) is 0.348. The maximum Gasteiger partial charge on any atom is 0.416 e. The lowest BCUT2D eigenvalue weighted by atomic mass is 10.1. The number of nitrogens with one attached hydrogen (secondary N) is 2. The van der Waals surface area contributed by atoms with Gasteiger partial charge in [0, 0.05) is 25.2 Å². The number of hydrogen-bond donors (Lipinski definition) is 2. The molecule has 3 aromatic rings. The number of piperidine rings is 1. The number of alkyl halides is 3. The minimum atomic E-state index is -4.55. The van der Waals surface area contributed by atoms with E-state index in [0.717, 1.165) is 31.4 Å². The van der Waals surface area contributed by atoms with Gasteiger partial charge in [-0.2, -0.15) is 13.2 Å². The minimum Gasteiger partial charge on any atom is -0.370 e. The molecule has 0 unspecified atom stereocenters. The summed E-state index contributed by atoms with van der Waals surface area (Å²) in [7, 11) is 0. The van der Waals surface area contributed by atoms with Gasteiger partial charge in [-0.25, -0.2) is 0 Å². The first-order valence-corrected chi connectivity index (χ1v) is 10.7. The third-order valence-corrected chi connectivity index (χ3v) is 5.82. The first-order valence-electron chi connectivity index (χ1n) is 10.7. The summed E-state index contributed by atoms with van der Waals surface area (Å²) in [5.41, 5.74) is -0.880. The van der Waals surface area contributed by atoms with Crippen molar-refractivity contribution in [1.29, 1.82) is 0 Å². The van der Waals surface area contributed by atoms with E-state index in [9.17, 15) is 27.6 Å². The van der Waals surface area contributed by atoms with E-state index in [0.29, 0.717) is 24.3 Å². The molecular weight excluding hydrogens is 437 g/mol. The van der Waals surface area contributed by atoms with E-state index in [2.05, 4.69) is 10.3 Å². The Morgan fingerprint density at radius 2 is 1.79 bits per heavy atom. The quantitative estimate of drug-likeness (QED) is 0.577. The summed E-state index contributed by atoms with van der Waals surface area (Å²) >= 11 is 0. The van der Waals surface area contributed by atoms with E-state index in [-0.39, 0.29) is 23.3 Å². The van der Waals surface area contributed by atoms with Crippen molar-refractivity contribution in [3.63, 3.8) is 0 Å². The van der Waals surface area contributed by atoms with E-state index >= 15 is 0 Å². The van der Waals surface area contributed by atoms with Crippen molar-refractivity contribution in [2.24, 2.45) is 0 Å². The number of aromatic amines is 1. The molecule has 0 radical (unpaired) electrons. The molecule has 1 fully saturated rings. The summed E-state index contributed by atoms with van der Waals surface area (Å²) in [6, 6.07) is 7.76. The summed E-state index contributed by atoms with van der Waals surface area (Å²) in [5.74, 6) is -0.621. The Balaban J connectivity index is 1.72. The van der Waals surface area contributed by atoms with Crippen molar-refractivity contribution in [1.82, 2.24) is 9.55 Å². The summed E-state index contributed by atoms with van der Waals surface area (Å²) in [6.07, 6.45) is -1.65. The number of halogens is 3. The van der Waals surface area contributed by atoms with Crippen molar-refractivity contribution in [3.05, 3.63) is 68.2 Å². The Labute approximate surface area is 186 Å². The van der Waals surface area contributed by atoms with Gasteiger partial charge in [-0.3, -0.25) is 14.4 Å². The zero-order valence-corrected chi connectivity index (χ0v) is 18.0. The molecule has 0 atom stereocenters. The topological polar surface area (TPSA) is 87.2 Å². The number of aryl methyl sites for hydroxylation is 1. The molecule has 0 bridgehead atoms. The number of amides is 1. The molecule has 0 saturated carbocycles. The summed E-state index contributed by atoms with van der Waals surface area (Å²) in [4.78, 5) is 41.4. The van der Waals surface area contributed by atoms with Gasteiger partial charge in [-0.15, -0.1) is 0 Å². The SMILES string of the molecule is CCn1c(=O)c(=O)[nH]c2cc(C(=O)Nc3cc(C(F)(F)F)ccc3N3CCCCC3)ccc21. The normalized spacial score (nSPS) is 14.5. The van der Waals surface area contributed by atoms with E-state index in [1.807, 2.05) is 4.90 Å². The largest absolute Gasteiger partial charge is 0.416 e. The van der Waals surface area contributed by atoms with Gasteiger partial charge < -0.3 is 19.8 Å². The predicted molar refractivity (Wildman–Crippen MR) is 120 cm³/mol. The van der Waals surface area contributed by atoms with Crippen LogP contribution in [0.1, 0.15) is 42.1 Å². The number of benzene rings is 2. The number of hydrogen-bond acceptors (Lipinski definition) is 4. The fourth-order valence-corrected chi connectivity index (χ4v) is 4.15. The van der Waals surface area contributed by atoms with Crippen LogP contribution in [0.25, 0.3) is 11.0 Å². The monoisotopic (exact) mass is 460 g/mol. The number of rotatable bonds is 4. The van der Waals surface area contributed by atoms with Crippen LogP contribution in [0, 0.1) is 0 Å². The van der Waals surface area contributed by atoms with E-state index < -0.39 is 28.8 Å². The molecule has 1 aromatic heterocycles. The molecule has 2 heterocycles. The van der Waals surface area contributed by atoms with Crippen LogP contribution in [0.4, 0.5) is 24.5 Å². The van der Waals surface area contributed by atoms with Gasteiger partial charge in [-0.05, 0) is 62.6 Å². The lowest BCUT2D eigenvalue weighted by molar-refractivity contribution is -0.137. The van der Waals surface area contributed by atoms with E-state index in [1.165, 1.54) is 28.8 Å². The zero-order valence-electron chi connectivity index (χ0n) is 18.0. The minimum absolute atomic E-state index is 0.0730. The van der Waals surface area contributed by atoms with E-state index in [4.69, 9.17) is 0 Å². The van der Waals surface area contributed by atoms with Gasteiger partial charge in [0.25, 0.3) is 5.91 Å². The number of fused-ring (bicyclic) bond motifs is 1. The number of carbonyl (C=O) groups is 1. The van der Waals surface area contributed by atoms with Crippen LogP contribution in [-0.2, 0) is 12.7 Å². The molecule has 0 spiro atoms. The molecule has 10 heteroatoms. The molecule has 1 amide bonds. The van der Waals surface area contributed by atoms with Crippen LogP contribution >= 0.6 is 0 Å². The van der Waals surface area contributed by atoms with Crippen LogP contribution in [-0.4, -0.2) is 28.5 Å². The van der Waals surface area contributed by atoms with Crippen molar-refractivity contribution in [2.45, 2.75) is 38.9 Å². The average molecular weight is 460 g/mol. The predicted octanol–water partition coefficient (Wildman–Crippen LogP) is 3.97. The molecule has 1 aliphatic heterocycles. The van der Waals surface area contributed by atoms with Gasteiger partial charge in [-0.1, -0.05) is 0 Å². The maximum atomic E-state index is 13.3. The first kappa shape index (κ1) is 22.6. The van der Waals surface area contributed by atoms with Crippen LogP contribution in [0.2, 0.25) is 0 Å². The third kappa shape index (κ3) is 4.50. The van der Waals surface area contributed by atoms with Gasteiger partial charge in [0.05, 0.1) is 28.0 Å². The zero-order chi connectivity index (χ0) is 23.8. The molecule has 1 saturated heterocycles. The summed E-state index contributed by atoms with van der Waals surface area (Å²) in [6.45, 7) is 3.38. The Kier molecular flexibility index (Phi) is 6.01. The highest BCUT2D eigenvalue weighted by molar-refractivity contribution is 6.07. The average Bonchev–Trinajstić information content (AvgIpc) is 2.79. The molecule has 2 aromatic carbocycles. The fourth-order valence-electron chi connectivity index (χ4n) is 4.15. The van der Waals surface area contributed by atoms with Crippen molar-refractivity contribution in [3.8, 4) is 0 Å². The Morgan fingerprint density at radius 1 is 1.06 bits per heavy atom. The van der Waals surface area contributed by atoms with Gasteiger partial charge in [0.15, 0.2) is 0 Å². The third-order valence-electron chi connectivity index (χ3n) is 5.82. The molecule has 174 valence electrons. The lowest BCUT2D eigenvalue weighted by Gasteiger charge is -2.31. The van der Waals surface area contributed by atoms with Gasteiger partial charge in [0.2, 0.25) is 0 Å². The number of nitrogens with zero attached hydrogens (tertiary/aromatic N) is 2.